The smallest absolute Gasteiger partial charge is 0.133 e. The molecule has 0 aliphatic carbocycles. The average molecular weight is 266 g/mol. The van der Waals surface area contributed by atoms with Crippen molar-refractivity contribution in [3.8, 4) is 17.2 Å². The summed E-state index contributed by atoms with van der Waals surface area (Å²) in [7, 11) is 1.58. The second-order valence-corrected chi connectivity index (χ2v) is 7.11. The van der Waals surface area contributed by atoms with E-state index in [-0.39, 0.29) is 22.3 Å². The summed E-state index contributed by atoms with van der Waals surface area (Å²) in [6, 6.07) is 0. The largest absolute Gasteiger partial charge is 0.507 e. The molecule has 0 aliphatic rings. The maximum atomic E-state index is 10.4. The van der Waals surface area contributed by atoms with Gasteiger partial charge in [-0.2, -0.15) is 0 Å². The second-order valence-electron chi connectivity index (χ2n) is 7.11. The Hall–Kier alpha value is -1.38. The van der Waals surface area contributed by atoms with Crippen molar-refractivity contribution in [2.75, 3.05) is 7.11 Å². The van der Waals surface area contributed by atoms with Crippen molar-refractivity contribution in [1.82, 2.24) is 0 Å². The third kappa shape index (κ3) is 2.65. The highest BCUT2D eigenvalue weighted by atomic mass is 16.5. The van der Waals surface area contributed by atoms with Crippen molar-refractivity contribution in [1.29, 1.82) is 0 Å². The molecule has 0 atom stereocenters. The molecule has 1 aromatic rings. The topological polar surface area (TPSA) is 49.7 Å². The van der Waals surface area contributed by atoms with Crippen LogP contribution in [0.25, 0.3) is 0 Å². The van der Waals surface area contributed by atoms with Crippen LogP contribution in [0.5, 0.6) is 17.2 Å². The van der Waals surface area contributed by atoms with Crippen LogP contribution in [0.4, 0.5) is 0 Å². The lowest BCUT2D eigenvalue weighted by Gasteiger charge is -2.31. The lowest BCUT2D eigenvalue weighted by Crippen LogP contribution is -2.20. The van der Waals surface area contributed by atoms with Gasteiger partial charge in [-0.15, -0.1) is 0 Å². The molecular weight excluding hydrogens is 240 g/mol. The summed E-state index contributed by atoms with van der Waals surface area (Å²) in [5.41, 5.74) is 1.46. The molecule has 0 bridgehead atoms. The molecule has 3 nitrogen and oxygen atoms in total. The summed E-state index contributed by atoms with van der Waals surface area (Å²) < 4.78 is 5.53. The first-order chi connectivity index (χ1) is 8.42. The zero-order valence-corrected chi connectivity index (χ0v) is 13.3. The van der Waals surface area contributed by atoms with Crippen LogP contribution in [-0.4, -0.2) is 17.3 Å². The summed E-state index contributed by atoms with van der Waals surface area (Å²) in [4.78, 5) is 0. The van der Waals surface area contributed by atoms with Crippen molar-refractivity contribution in [2.24, 2.45) is 0 Å². The van der Waals surface area contributed by atoms with Gasteiger partial charge in [-0.3, -0.25) is 0 Å². The lowest BCUT2D eigenvalue weighted by molar-refractivity contribution is 0.352. The predicted molar refractivity (Wildman–Crippen MR) is 78.5 cm³/mol. The second kappa shape index (κ2) is 4.62. The number of methoxy groups -OCH3 is 1. The highest BCUT2D eigenvalue weighted by molar-refractivity contribution is 5.65. The molecule has 0 heterocycles. The maximum absolute atomic E-state index is 10.4. The molecule has 0 spiro atoms. The van der Waals surface area contributed by atoms with Crippen LogP contribution in [0.2, 0.25) is 0 Å². The fraction of sp³-hybridized carbons (Fsp3) is 0.625. The van der Waals surface area contributed by atoms with E-state index >= 15 is 0 Å². The van der Waals surface area contributed by atoms with E-state index in [1.807, 2.05) is 41.5 Å². The van der Waals surface area contributed by atoms with Crippen molar-refractivity contribution in [3.63, 3.8) is 0 Å². The van der Waals surface area contributed by atoms with Gasteiger partial charge in [0.25, 0.3) is 0 Å². The van der Waals surface area contributed by atoms with E-state index < -0.39 is 0 Å². The first kappa shape index (κ1) is 15.7. The van der Waals surface area contributed by atoms with Crippen LogP contribution in [0.3, 0.4) is 0 Å². The first-order valence-electron chi connectivity index (χ1n) is 6.56. The first-order valence-corrected chi connectivity index (χ1v) is 6.56. The van der Waals surface area contributed by atoms with Crippen molar-refractivity contribution < 1.29 is 14.9 Å². The molecule has 0 amide bonds. The van der Waals surface area contributed by atoms with Gasteiger partial charge in [0, 0.05) is 16.7 Å². The summed E-state index contributed by atoms with van der Waals surface area (Å²) in [6.07, 6.45) is 0. The minimum Gasteiger partial charge on any atom is -0.507 e. The van der Waals surface area contributed by atoms with E-state index in [0.717, 1.165) is 11.1 Å². The highest BCUT2D eigenvalue weighted by Crippen LogP contribution is 2.50. The lowest BCUT2D eigenvalue weighted by atomic mass is 9.77. The van der Waals surface area contributed by atoms with Gasteiger partial charge < -0.3 is 14.9 Å². The molecule has 3 heteroatoms. The Morgan fingerprint density at radius 2 is 1.11 bits per heavy atom. The number of rotatable bonds is 1. The number of ether oxygens (including phenoxy) is 1. The van der Waals surface area contributed by atoms with Gasteiger partial charge in [0.15, 0.2) is 0 Å². The molecule has 0 aromatic heterocycles. The van der Waals surface area contributed by atoms with Crippen LogP contribution < -0.4 is 4.74 Å². The van der Waals surface area contributed by atoms with Gasteiger partial charge in [0.2, 0.25) is 0 Å². The van der Waals surface area contributed by atoms with Crippen LogP contribution >= 0.6 is 0 Å². The number of phenols is 2. The molecule has 0 saturated heterocycles. The molecule has 0 unspecified atom stereocenters. The summed E-state index contributed by atoms with van der Waals surface area (Å²) in [5.74, 6) is 0.824. The zero-order valence-electron chi connectivity index (χ0n) is 13.3. The van der Waals surface area contributed by atoms with Crippen LogP contribution in [0.15, 0.2) is 0 Å². The van der Waals surface area contributed by atoms with E-state index in [1.165, 1.54) is 0 Å². The molecule has 0 saturated carbocycles. The van der Waals surface area contributed by atoms with E-state index in [1.54, 1.807) is 14.0 Å². The normalized spacial score (nSPS) is 12.6. The Morgan fingerprint density at radius 3 is 1.32 bits per heavy atom. The van der Waals surface area contributed by atoms with Gasteiger partial charge in [0.1, 0.15) is 17.2 Å². The fourth-order valence-corrected chi connectivity index (χ4v) is 2.42. The summed E-state index contributed by atoms with van der Waals surface area (Å²) in [6.45, 7) is 13.9. The summed E-state index contributed by atoms with van der Waals surface area (Å²) >= 11 is 0. The molecule has 1 rings (SSSR count). The van der Waals surface area contributed by atoms with Crippen molar-refractivity contribution in [3.05, 3.63) is 16.7 Å². The Morgan fingerprint density at radius 1 is 0.789 bits per heavy atom. The molecule has 0 aliphatic heterocycles. The van der Waals surface area contributed by atoms with Crippen molar-refractivity contribution >= 4 is 0 Å². The van der Waals surface area contributed by atoms with Crippen molar-refractivity contribution in [2.45, 2.75) is 59.3 Å². The minimum absolute atomic E-state index is 0.120. The maximum Gasteiger partial charge on any atom is 0.133 e. The molecule has 19 heavy (non-hydrogen) atoms. The quantitative estimate of drug-likeness (QED) is 0.807. The van der Waals surface area contributed by atoms with E-state index in [4.69, 9.17) is 4.74 Å². The van der Waals surface area contributed by atoms with Gasteiger partial charge >= 0.3 is 0 Å². The highest BCUT2D eigenvalue weighted by Gasteiger charge is 2.34. The summed E-state index contributed by atoms with van der Waals surface area (Å²) in [5, 5.41) is 20.8. The number of aromatic hydroxyl groups is 2. The molecular formula is C16H26O3. The zero-order chi connectivity index (χ0) is 15.2. The Labute approximate surface area is 116 Å². The van der Waals surface area contributed by atoms with Crippen LogP contribution in [0, 0.1) is 6.92 Å². The number of hydrogen-bond donors (Lipinski definition) is 2. The van der Waals surface area contributed by atoms with Gasteiger partial charge in [0.05, 0.1) is 7.11 Å². The van der Waals surface area contributed by atoms with E-state index in [0.29, 0.717) is 11.3 Å². The third-order valence-electron chi connectivity index (χ3n) is 3.34. The molecule has 0 fully saturated rings. The number of hydrogen-bond acceptors (Lipinski definition) is 3. The third-order valence-corrected chi connectivity index (χ3v) is 3.34. The van der Waals surface area contributed by atoms with Gasteiger partial charge in [-0.1, -0.05) is 41.5 Å². The molecule has 1 aromatic carbocycles. The minimum atomic E-state index is -0.270. The standard InChI is InChI=1S/C16H26O3/c1-9-12(17)10(15(2,3)4)14(19-8)11(13(9)18)16(5,6)7/h17-18H,1-8H3. The van der Waals surface area contributed by atoms with Crippen LogP contribution in [0.1, 0.15) is 58.2 Å². The molecule has 0 radical (unpaired) electrons. The Balaban J connectivity index is 3.91. The predicted octanol–water partition coefficient (Wildman–Crippen LogP) is 4.01. The number of benzene rings is 1. The Bertz CT molecular complexity index is 447. The average Bonchev–Trinajstić information content (AvgIpc) is 2.21. The van der Waals surface area contributed by atoms with Crippen LogP contribution in [-0.2, 0) is 10.8 Å². The van der Waals surface area contributed by atoms with E-state index in [9.17, 15) is 10.2 Å². The number of phenolic OH excluding ortho intramolecular Hbond substituents is 2. The SMILES string of the molecule is COc1c(C(C)(C)C)c(O)c(C)c(O)c1C(C)(C)C. The Kier molecular flexibility index (Phi) is 3.81. The molecule has 2 N–H and O–H groups in total. The monoisotopic (exact) mass is 266 g/mol. The fourth-order valence-electron chi connectivity index (χ4n) is 2.42. The van der Waals surface area contributed by atoms with E-state index in [2.05, 4.69) is 0 Å². The van der Waals surface area contributed by atoms with Gasteiger partial charge in [-0.25, -0.2) is 0 Å². The van der Waals surface area contributed by atoms with Gasteiger partial charge in [-0.05, 0) is 17.8 Å². The molecule has 108 valence electrons.